The van der Waals surface area contributed by atoms with E-state index in [2.05, 4.69) is 11.1 Å². The Balaban J connectivity index is 2.51. The zero-order valence-corrected chi connectivity index (χ0v) is 8.83. The van der Waals surface area contributed by atoms with Gasteiger partial charge in [0, 0.05) is 23.0 Å². The van der Waals surface area contributed by atoms with Crippen molar-refractivity contribution < 1.29 is 0 Å². The third-order valence-corrected chi connectivity index (χ3v) is 2.66. The lowest BCUT2D eigenvalue weighted by Crippen LogP contribution is -1.95. The molecule has 15 heavy (non-hydrogen) atoms. The van der Waals surface area contributed by atoms with Crippen molar-refractivity contribution in [2.45, 2.75) is 12.8 Å². The van der Waals surface area contributed by atoms with Crippen LogP contribution in [0.15, 0.2) is 41.2 Å². The first-order chi connectivity index (χ1) is 7.31. The van der Waals surface area contributed by atoms with Crippen LogP contribution in [-0.4, -0.2) is 4.98 Å². The monoisotopic (exact) mass is 216 g/mol. The molecule has 0 unspecified atom stereocenters. The van der Waals surface area contributed by atoms with E-state index in [4.69, 9.17) is 16.9 Å². The maximum atomic E-state index is 9.01. The second-order valence-electron chi connectivity index (χ2n) is 3.33. The first-order valence-electron chi connectivity index (χ1n) is 4.71. The fraction of sp³-hybridized carbons (Fsp3) is 0.167. The minimum absolute atomic E-state index is 0.726. The molecule has 0 saturated heterocycles. The van der Waals surface area contributed by atoms with Crippen LogP contribution < -0.4 is 0 Å². The highest BCUT2D eigenvalue weighted by Crippen LogP contribution is 2.31. The summed E-state index contributed by atoms with van der Waals surface area (Å²) in [5, 5.41) is 9.82. The van der Waals surface area contributed by atoms with Gasteiger partial charge in [-0.2, -0.15) is 5.26 Å². The average Bonchev–Trinajstić information content (AvgIpc) is 2.30. The van der Waals surface area contributed by atoms with Crippen molar-refractivity contribution in [3.63, 3.8) is 0 Å². The van der Waals surface area contributed by atoms with Gasteiger partial charge in [0.15, 0.2) is 0 Å². The van der Waals surface area contributed by atoms with E-state index in [1.807, 2.05) is 18.2 Å². The van der Waals surface area contributed by atoms with Gasteiger partial charge in [-0.3, -0.25) is 4.98 Å². The Bertz CT molecular complexity index is 466. The predicted octanol–water partition coefficient (Wildman–Crippen LogP) is 3.28. The molecule has 1 aromatic rings. The molecular formula is C12H9ClN2. The topological polar surface area (TPSA) is 36.7 Å². The summed E-state index contributed by atoms with van der Waals surface area (Å²) in [6.45, 7) is 0. The average molecular weight is 217 g/mol. The molecule has 1 heterocycles. The fourth-order valence-corrected chi connectivity index (χ4v) is 1.80. The fourth-order valence-electron chi connectivity index (χ4n) is 1.60. The van der Waals surface area contributed by atoms with Crippen LogP contribution in [0.25, 0.3) is 5.57 Å². The molecular weight excluding hydrogens is 208 g/mol. The van der Waals surface area contributed by atoms with E-state index >= 15 is 0 Å². The number of aromatic nitrogens is 1. The van der Waals surface area contributed by atoms with Gasteiger partial charge in [0.1, 0.15) is 0 Å². The number of nitrogens with zero attached hydrogens (tertiary/aromatic N) is 2. The SMILES string of the molecule is N#CC1=C(c2ccncc2)C=C(Cl)CC1. The lowest BCUT2D eigenvalue weighted by atomic mass is 9.93. The maximum absolute atomic E-state index is 9.01. The second-order valence-corrected chi connectivity index (χ2v) is 3.82. The van der Waals surface area contributed by atoms with Crippen LogP contribution in [0.2, 0.25) is 0 Å². The first kappa shape index (κ1) is 9.95. The van der Waals surface area contributed by atoms with E-state index in [1.165, 1.54) is 0 Å². The van der Waals surface area contributed by atoms with E-state index in [-0.39, 0.29) is 0 Å². The summed E-state index contributed by atoms with van der Waals surface area (Å²) in [7, 11) is 0. The second kappa shape index (κ2) is 4.29. The Hall–Kier alpha value is -1.59. The molecule has 74 valence electrons. The van der Waals surface area contributed by atoms with E-state index in [1.54, 1.807) is 12.4 Å². The van der Waals surface area contributed by atoms with Crippen LogP contribution in [-0.2, 0) is 0 Å². The molecule has 3 heteroatoms. The van der Waals surface area contributed by atoms with Crippen molar-refractivity contribution in [1.29, 1.82) is 5.26 Å². The minimum atomic E-state index is 0.726. The third kappa shape index (κ3) is 2.08. The largest absolute Gasteiger partial charge is 0.265 e. The van der Waals surface area contributed by atoms with Crippen molar-refractivity contribution >= 4 is 17.2 Å². The van der Waals surface area contributed by atoms with Gasteiger partial charge in [-0.25, -0.2) is 0 Å². The highest BCUT2D eigenvalue weighted by molar-refractivity contribution is 6.30. The maximum Gasteiger partial charge on any atom is 0.0953 e. The van der Waals surface area contributed by atoms with Gasteiger partial charge in [-0.1, -0.05) is 11.6 Å². The molecule has 0 aliphatic heterocycles. The van der Waals surface area contributed by atoms with E-state index < -0.39 is 0 Å². The normalized spacial score (nSPS) is 15.9. The summed E-state index contributed by atoms with van der Waals surface area (Å²) in [6.07, 6.45) is 6.79. The van der Waals surface area contributed by atoms with Gasteiger partial charge < -0.3 is 0 Å². The van der Waals surface area contributed by atoms with Crippen molar-refractivity contribution in [3.8, 4) is 6.07 Å². The molecule has 0 fully saturated rings. The highest BCUT2D eigenvalue weighted by atomic mass is 35.5. The summed E-state index contributed by atoms with van der Waals surface area (Å²) in [5.74, 6) is 0. The van der Waals surface area contributed by atoms with Gasteiger partial charge in [0.2, 0.25) is 0 Å². The Morgan fingerprint density at radius 2 is 2.00 bits per heavy atom. The number of pyridine rings is 1. The molecule has 1 aliphatic carbocycles. The van der Waals surface area contributed by atoms with Crippen molar-refractivity contribution in [2.75, 3.05) is 0 Å². The molecule has 0 amide bonds. The molecule has 0 aromatic carbocycles. The standard InChI is InChI=1S/C12H9ClN2/c13-11-2-1-10(8-14)12(7-11)9-3-5-15-6-4-9/h3-7H,1-2H2. The van der Waals surface area contributed by atoms with Gasteiger partial charge >= 0.3 is 0 Å². The van der Waals surface area contributed by atoms with Gasteiger partial charge in [0.25, 0.3) is 0 Å². The summed E-state index contributed by atoms with van der Waals surface area (Å²) in [5.41, 5.74) is 2.72. The summed E-state index contributed by atoms with van der Waals surface area (Å²) in [4.78, 5) is 3.95. The minimum Gasteiger partial charge on any atom is -0.265 e. The van der Waals surface area contributed by atoms with Crippen LogP contribution in [0.3, 0.4) is 0 Å². The number of nitriles is 1. The van der Waals surface area contributed by atoms with E-state index in [0.717, 1.165) is 34.6 Å². The summed E-state index contributed by atoms with van der Waals surface area (Å²) >= 11 is 5.99. The van der Waals surface area contributed by atoms with Gasteiger partial charge in [-0.15, -0.1) is 0 Å². The molecule has 0 radical (unpaired) electrons. The zero-order chi connectivity index (χ0) is 10.7. The number of hydrogen-bond donors (Lipinski definition) is 0. The van der Waals surface area contributed by atoms with Crippen LogP contribution in [0.5, 0.6) is 0 Å². The smallest absolute Gasteiger partial charge is 0.0953 e. The molecule has 0 N–H and O–H groups in total. The van der Waals surface area contributed by atoms with Crippen molar-refractivity contribution in [3.05, 3.63) is 46.8 Å². The van der Waals surface area contributed by atoms with Crippen molar-refractivity contribution in [2.24, 2.45) is 0 Å². The van der Waals surface area contributed by atoms with Crippen LogP contribution >= 0.6 is 11.6 Å². The molecule has 1 aromatic heterocycles. The summed E-state index contributed by atoms with van der Waals surface area (Å²) in [6, 6.07) is 6.00. The van der Waals surface area contributed by atoms with Gasteiger partial charge in [-0.05, 0) is 42.2 Å². The number of hydrogen-bond acceptors (Lipinski definition) is 2. The number of rotatable bonds is 1. The lowest BCUT2D eigenvalue weighted by Gasteiger charge is -2.12. The summed E-state index contributed by atoms with van der Waals surface area (Å²) < 4.78 is 0. The predicted molar refractivity (Wildman–Crippen MR) is 59.9 cm³/mol. The van der Waals surface area contributed by atoms with Crippen LogP contribution in [0.4, 0.5) is 0 Å². The van der Waals surface area contributed by atoms with Gasteiger partial charge in [0.05, 0.1) is 6.07 Å². The lowest BCUT2D eigenvalue weighted by molar-refractivity contribution is 0.982. The zero-order valence-electron chi connectivity index (χ0n) is 8.07. The molecule has 0 saturated carbocycles. The molecule has 0 spiro atoms. The molecule has 2 rings (SSSR count). The number of halogens is 1. The Morgan fingerprint density at radius 3 is 2.67 bits per heavy atom. The Kier molecular flexibility index (Phi) is 2.84. The number of allylic oxidation sites excluding steroid dienone is 4. The quantitative estimate of drug-likeness (QED) is 0.723. The Morgan fingerprint density at radius 1 is 1.27 bits per heavy atom. The third-order valence-electron chi connectivity index (χ3n) is 2.37. The Labute approximate surface area is 93.5 Å². The molecule has 2 nitrogen and oxygen atoms in total. The molecule has 1 aliphatic rings. The van der Waals surface area contributed by atoms with Crippen LogP contribution in [0.1, 0.15) is 18.4 Å². The first-order valence-corrected chi connectivity index (χ1v) is 5.09. The van der Waals surface area contributed by atoms with Crippen LogP contribution in [0, 0.1) is 11.3 Å². The highest BCUT2D eigenvalue weighted by Gasteiger charge is 2.13. The molecule has 0 bridgehead atoms. The molecule has 0 atom stereocenters. The van der Waals surface area contributed by atoms with E-state index in [9.17, 15) is 0 Å². The van der Waals surface area contributed by atoms with Crippen molar-refractivity contribution in [1.82, 2.24) is 4.98 Å². The van der Waals surface area contributed by atoms with E-state index in [0.29, 0.717) is 0 Å².